The quantitative estimate of drug-likeness (QED) is 0.780. The molecule has 0 unspecified atom stereocenters. The highest BCUT2D eigenvalue weighted by Crippen LogP contribution is 2.31. The summed E-state index contributed by atoms with van der Waals surface area (Å²) in [5.41, 5.74) is 8.69. The minimum absolute atomic E-state index is 0.353. The maximum atomic E-state index is 9.54. The molecule has 0 spiro atoms. The highest BCUT2D eigenvalue weighted by molar-refractivity contribution is 7.13. The molecule has 4 rings (SSSR count). The minimum atomic E-state index is 0.353. The molecule has 3 aromatic rings. The van der Waals surface area contributed by atoms with Gasteiger partial charge in [0.25, 0.3) is 0 Å². The van der Waals surface area contributed by atoms with Gasteiger partial charge >= 0.3 is 0 Å². The number of aromatic nitrogens is 3. The highest BCUT2D eigenvalue weighted by Gasteiger charge is 2.18. The van der Waals surface area contributed by atoms with Crippen molar-refractivity contribution in [1.29, 1.82) is 5.26 Å². The fraction of sp³-hybridized carbons (Fsp3) is 0.222. The molecule has 7 heteroatoms. The van der Waals surface area contributed by atoms with Gasteiger partial charge in [0, 0.05) is 24.7 Å². The third-order valence-corrected chi connectivity index (χ3v) is 5.02. The van der Waals surface area contributed by atoms with Crippen LogP contribution >= 0.6 is 11.3 Å². The lowest BCUT2D eigenvalue weighted by atomic mass is 10.1. The van der Waals surface area contributed by atoms with Gasteiger partial charge in [0.1, 0.15) is 33.8 Å². The number of nitrogens with zero attached hydrogens (tertiary/aromatic N) is 5. The zero-order valence-corrected chi connectivity index (χ0v) is 14.3. The molecule has 0 radical (unpaired) electrons. The Bertz CT molecular complexity index is 939. The number of pyridine rings is 2. The third kappa shape index (κ3) is 2.92. The predicted octanol–water partition coefficient (Wildman–Crippen LogP) is 3.32. The first-order valence-corrected chi connectivity index (χ1v) is 8.97. The average molecular weight is 348 g/mol. The van der Waals surface area contributed by atoms with E-state index in [1.54, 1.807) is 12.3 Å². The highest BCUT2D eigenvalue weighted by atomic mass is 32.1. The monoisotopic (exact) mass is 348 g/mol. The molecule has 2 N–H and O–H groups in total. The van der Waals surface area contributed by atoms with E-state index >= 15 is 0 Å². The summed E-state index contributed by atoms with van der Waals surface area (Å²) in [5.74, 6) is 0.916. The van der Waals surface area contributed by atoms with Gasteiger partial charge in [0.15, 0.2) is 0 Å². The Labute approximate surface area is 149 Å². The van der Waals surface area contributed by atoms with Gasteiger partial charge in [-0.2, -0.15) is 5.26 Å². The van der Waals surface area contributed by atoms with Crippen LogP contribution in [0, 0.1) is 11.3 Å². The van der Waals surface area contributed by atoms with E-state index in [0.717, 1.165) is 23.9 Å². The number of thiazole rings is 1. The van der Waals surface area contributed by atoms with Crippen molar-refractivity contribution in [2.45, 2.75) is 12.8 Å². The van der Waals surface area contributed by atoms with E-state index in [1.807, 2.05) is 23.6 Å². The van der Waals surface area contributed by atoms with Gasteiger partial charge in [-0.15, -0.1) is 11.3 Å². The van der Waals surface area contributed by atoms with E-state index in [9.17, 15) is 5.26 Å². The molecule has 1 aliphatic rings. The molecule has 0 aromatic carbocycles. The second kappa shape index (κ2) is 6.49. The van der Waals surface area contributed by atoms with Crippen LogP contribution in [-0.4, -0.2) is 28.0 Å². The first-order valence-electron chi connectivity index (χ1n) is 8.09. The van der Waals surface area contributed by atoms with Gasteiger partial charge in [-0.25, -0.2) is 15.0 Å². The second-order valence-electron chi connectivity index (χ2n) is 5.84. The SMILES string of the molecule is N#Cc1c(N)cc(-c2nccs2)nc1-c1cccc(N2CCCC2)n1. The first-order chi connectivity index (χ1) is 12.3. The zero-order valence-electron chi connectivity index (χ0n) is 13.5. The molecule has 1 fully saturated rings. The predicted molar refractivity (Wildman–Crippen MR) is 99.2 cm³/mol. The fourth-order valence-corrected chi connectivity index (χ4v) is 3.60. The van der Waals surface area contributed by atoms with Crippen molar-refractivity contribution in [3.63, 3.8) is 0 Å². The number of anilines is 2. The van der Waals surface area contributed by atoms with Gasteiger partial charge in [0.2, 0.25) is 0 Å². The zero-order chi connectivity index (χ0) is 17.2. The number of hydrogen-bond acceptors (Lipinski definition) is 7. The van der Waals surface area contributed by atoms with E-state index in [-0.39, 0.29) is 0 Å². The standard InChI is InChI=1S/C18H16N6S/c19-11-12-13(20)10-15(18-21-6-9-25-18)23-17(12)14-4-3-5-16(22-14)24-7-1-2-8-24/h3-6,9-10H,1-2,7-8H2,(H2,20,23). The molecule has 0 saturated carbocycles. The van der Waals surface area contributed by atoms with Gasteiger partial charge in [-0.3, -0.25) is 0 Å². The Morgan fingerprint density at radius 3 is 2.72 bits per heavy atom. The molecule has 0 bridgehead atoms. The summed E-state index contributed by atoms with van der Waals surface area (Å²) in [5, 5.41) is 12.2. The summed E-state index contributed by atoms with van der Waals surface area (Å²) in [6.07, 6.45) is 4.09. The van der Waals surface area contributed by atoms with E-state index in [4.69, 9.17) is 10.7 Å². The maximum absolute atomic E-state index is 9.54. The molecule has 4 heterocycles. The van der Waals surface area contributed by atoms with Crippen LogP contribution in [0.3, 0.4) is 0 Å². The number of nitrogens with two attached hydrogens (primary N) is 1. The van der Waals surface area contributed by atoms with Crippen molar-refractivity contribution in [3.8, 4) is 28.2 Å². The van der Waals surface area contributed by atoms with E-state index in [1.165, 1.54) is 24.2 Å². The molecular formula is C18H16N6S. The lowest BCUT2D eigenvalue weighted by Gasteiger charge is -2.17. The average Bonchev–Trinajstić information content (AvgIpc) is 3.35. The second-order valence-corrected chi connectivity index (χ2v) is 6.74. The number of hydrogen-bond donors (Lipinski definition) is 1. The summed E-state index contributed by atoms with van der Waals surface area (Å²) in [4.78, 5) is 15.9. The summed E-state index contributed by atoms with van der Waals surface area (Å²) < 4.78 is 0. The molecule has 1 saturated heterocycles. The number of rotatable bonds is 3. The van der Waals surface area contributed by atoms with Crippen LogP contribution in [0.2, 0.25) is 0 Å². The third-order valence-electron chi connectivity index (χ3n) is 4.22. The van der Waals surface area contributed by atoms with Crippen molar-refractivity contribution in [2.75, 3.05) is 23.7 Å². The molecule has 0 amide bonds. The molecule has 0 atom stereocenters. The molecule has 25 heavy (non-hydrogen) atoms. The summed E-state index contributed by atoms with van der Waals surface area (Å²) in [7, 11) is 0. The minimum Gasteiger partial charge on any atom is -0.398 e. The fourth-order valence-electron chi connectivity index (χ4n) is 3.00. The Balaban J connectivity index is 1.84. The Kier molecular flexibility index (Phi) is 4.04. The first kappa shape index (κ1) is 15.5. The van der Waals surface area contributed by atoms with Crippen LogP contribution in [0.1, 0.15) is 18.4 Å². The van der Waals surface area contributed by atoms with Crippen molar-refractivity contribution in [2.24, 2.45) is 0 Å². The summed E-state index contributed by atoms with van der Waals surface area (Å²) in [6, 6.07) is 9.68. The van der Waals surface area contributed by atoms with Crippen LogP contribution in [-0.2, 0) is 0 Å². The largest absolute Gasteiger partial charge is 0.398 e. The smallest absolute Gasteiger partial charge is 0.141 e. The van der Waals surface area contributed by atoms with E-state index < -0.39 is 0 Å². The van der Waals surface area contributed by atoms with E-state index in [2.05, 4.69) is 20.9 Å². The maximum Gasteiger partial charge on any atom is 0.141 e. The van der Waals surface area contributed by atoms with Crippen LogP contribution in [0.15, 0.2) is 35.8 Å². The lowest BCUT2D eigenvalue weighted by molar-refractivity contribution is 0.938. The normalized spacial score (nSPS) is 13.8. The van der Waals surface area contributed by atoms with Gasteiger partial charge in [-0.05, 0) is 31.0 Å². The topological polar surface area (TPSA) is 91.7 Å². The number of nitriles is 1. The van der Waals surface area contributed by atoms with Crippen LogP contribution in [0.25, 0.3) is 22.1 Å². The van der Waals surface area contributed by atoms with Crippen molar-refractivity contribution >= 4 is 22.8 Å². The molecule has 6 nitrogen and oxygen atoms in total. The summed E-state index contributed by atoms with van der Waals surface area (Å²) in [6.45, 7) is 2.02. The van der Waals surface area contributed by atoms with Crippen LogP contribution in [0.5, 0.6) is 0 Å². The number of nitrogen functional groups attached to an aromatic ring is 1. The Hall–Kier alpha value is -2.98. The van der Waals surface area contributed by atoms with Gasteiger partial charge in [-0.1, -0.05) is 6.07 Å². The van der Waals surface area contributed by atoms with Crippen LogP contribution < -0.4 is 10.6 Å². The summed E-state index contributed by atoms with van der Waals surface area (Å²) >= 11 is 1.48. The van der Waals surface area contributed by atoms with Crippen molar-refractivity contribution in [1.82, 2.24) is 15.0 Å². The molecular weight excluding hydrogens is 332 g/mol. The van der Waals surface area contributed by atoms with Crippen molar-refractivity contribution in [3.05, 3.63) is 41.4 Å². The van der Waals surface area contributed by atoms with Gasteiger partial charge in [0.05, 0.1) is 11.4 Å². The van der Waals surface area contributed by atoms with Gasteiger partial charge < -0.3 is 10.6 Å². The van der Waals surface area contributed by atoms with Crippen molar-refractivity contribution < 1.29 is 0 Å². The van der Waals surface area contributed by atoms with E-state index in [0.29, 0.717) is 28.3 Å². The lowest BCUT2D eigenvalue weighted by Crippen LogP contribution is -2.19. The Morgan fingerprint density at radius 2 is 2.00 bits per heavy atom. The molecule has 1 aliphatic heterocycles. The molecule has 124 valence electrons. The molecule has 0 aliphatic carbocycles. The molecule has 3 aromatic heterocycles. The van der Waals surface area contributed by atoms with Crippen LogP contribution in [0.4, 0.5) is 11.5 Å². The Morgan fingerprint density at radius 1 is 1.16 bits per heavy atom.